The lowest BCUT2D eigenvalue weighted by Gasteiger charge is -2.24. The molecule has 0 bridgehead atoms. The Morgan fingerprint density at radius 3 is 2.95 bits per heavy atom. The second-order valence-corrected chi connectivity index (χ2v) is 6.02. The van der Waals surface area contributed by atoms with E-state index in [1.165, 1.54) is 12.8 Å². The van der Waals surface area contributed by atoms with Gasteiger partial charge in [-0.3, -0.25) is 15.0 Å². The lowest BCUT2D eigenvalue weighted by atomic mass is 10.1. The van der Waals surface area contributed by atoms with Crippen molar-refractivity contribution in [1.82, 2.24) is 10.2 Å². The van der Waals surface area contributed by atoms with Crippen LogP contribution in [0.4, 0.5) is 5.69 Å². The summed E-state index contributed by atoms with van der Waals surface area (Å²) in [6, 6.07) is 5.92. The molecule has 1 aromatic rings. The van der Waals surface area contributed by atoms with Crippen LogP contribution < -0.4 is 5.32 Å². The average Bonchev–Trinajstić information content (AvgIpc) is 2.92. The number of benzene rings is 1. The molecule has 0 aliphatic carbocycles. The summed E-state index contributed by atoms with van der Waals surface area (Å²) in [6.45, 7) is 5.93. The molecule has 20 heavy (non-hydrogen) atoms. The van der Waals surface area contributed by atoms with Crippen LogP contribution in [0.2, 0.25) is 0 Å². The molecule has 1 fully saturated rings. The summed E-state index contributed by atoms with van der Waals surface area (Å²) in [5.41, 5.74) is 1.12. The smallest absolute Gasteiger partial charge is 0.283 e. The van der Waals surface area contributed by atoms with Crippen LogP contribution in [0.1, 0.15) is 25.3 Å². The average molecular weight is 342 g/mol. The third-order valence-electron chi connectivity index (χ3n) is 3.70. The Bertz CT molecular complexity index is 475. The molecule has 1 atom stereocenters. The van der Waals surface area contributed by atoms with E-state index >= 15 is 0 Å². The van der Waals surface area contributed by atoms with Crippen LogP contribution in [0.5, 0.6) is 0 Å². The number of halogens is 1. The van der Waals surface area contributed by atoms with E-state index in [0.29, 0.717) is 10.5 Å². The number of nitrogens with one attached hydrogen (secondary N) is 1. The molecule has 1 aromatic carbocycles. The molecule has 0 aromatic heterocycles. The maximum atomic E-state index is 11.0. The zero-order chi connectivity index (χ0) is 14.5. The van der Waals surface area contributed by atoms with Gasteiger partial charge in [0.2, 0.25) is 0 Å². The number of rotatable bonds is 6. The van der Waals surface area contributed by atoms with E-state index in [2.05, 4.69) is 33.1 Å². The summed E-state index contributed by atoms with van der Waals surface area (Å²) in [4.78, 5) is 12.9. The third kappa shape index (κ3) is 4.01. The fraction of sp³-hybridized carbons (Fsp3) is 0.571. The van der Waals surface area contributed by atoms with Crippen molar-refractivity contribution in [2.45, 2.75) is 32.4 Å². The van der Waals surface area contributed by atoms with Crippen molar-refractivity contribution in [2.24, 2.45) is 0 Å². The van der Waals surface area contributed by atoms with Crippen LogP contribution in [0, 0.1) is 10.1 Å². The second kappa shape index (κ2) is 7.15. The van der Waals surface area contributed by atoms with Crippen molar-refractivity contribution in [1.29, 1.82) is 0 Å². The first-order valence-electron chi connectivity index (χ1n) is 6.98. The second-order valence-electron chi connectivity index (χ2n) is 5.16. The fourth-order valence-corrected chi connectivity index (χ4v) is 2.98. The third-order valence-corrected chi connectivity index (χ3v) is 4.37. The molecule has 0 radical (unpaired) electrons. The van der Waals surface area contributed by atoms with Crippen LogP contribution in [-0.2, 0) is 6.54 Å². The van der Waals surface area contributed by atoms with Gasteiger partial charge in [0.1, 0.15) is 0 Å². The van der Waals surface area contributed by atoms with Crippen LogP contribution in [0.15, 0.2) is 22.7 Å². The predicted molar refractivity (Wildman–Crippen MR) is 82.8 cm³/mol. The van der Waals surface area contributed by atoms with Crippen molar-refractivity contribution in [3.63, 3.8) is 0 Å². The lowest BCUT2D eigenvalue weighted by molar-refractivity contribution is -0.385. The fourth-order valence-electron chi connectivity index (χ4n) is 2.58. The Morgan fingerprint density at radius 2 is 2.35 bits per heavy atom. The van der Waals surface area contributed by atoms with Crippen LogP contribution in [0.3, 0.4) is 0 Å². The normalized spacial score (nSPS) is 18.6. The minimum atomic E-state index is -0.345. The van der Waals surface area contributed by atoms with Crippen molar-refractivity contribution in [2.75, 3.05) is 19.6 Å². The first-order valence-corrected chi connectivity index (χ1v) is 7.78. The Kier molecular flexibility index (Phi) is 5.51. The molecule has 0 saturated carbocycles. The van der Waals surface area contributed by atoms with Gasteiger partial charge in [-0.05, 0) is 53.5 Å². The van der Waals surface area contributed by atoms with Crippen molar-refractivity contribution in [3.05, 3.63) is 38.3 Å². The molecule has 2 rings (SSSR count). The molecule has 1 saturated heterocycles. The van der Waals surface area contributed by atoms with Gasteiger partial charge in [0.15, 0.2) is 0 Å². The van der Waals surface area contributed by atoms with E-state index in [1.54, 1.807) is 12.1 Å². The number of hydrogen-bond donors (Lipinski definition) is 1. The first-order chi connectivity index (χ1) is 9.60. The molecule has 6 heteroatoms. The topological polar surface area (TPSA) is 58.4 Å². The SMILES string of the molecule is CCN(Cc1ccc(Br)c([N+](=O)[O-])c1)CC1CCCN1. The van der Waals surface area contributed by atoms with E-state index in [0.717, 1.165) is 31.7 Å². The highest BCUT2D eigenvalue weighted by atomic mass is 79.9. The predicted octanol–water partition coefficient (Wildman–Crippen LogP) is 2.93. The van der Waals surface area contributed by atoms with Gasteiger partial charge in [0.05, 0.1) is 9.40 Å². The van der Waals surface area contributed by atoms with Crippen LogP contribution >= 0.6 is 15.9 Å². The summed E-state index contributed by atoms with van der Waals surface area (Å²) >= 11 is 3.22. The number of nitrogens with zero attached hydrogens (tertiary/aromatic N) is 2. The van der Waals surface area contributed by atoms with Gasteiger partial charge < -0.3 is 5.32 Å². The zero-order valence-corrected chi connectivity index (χ0v) is 13.2. The quantitative estimate of drug-likeness (QED) is 0.638. The van der Waals surface area contributed by atoms with Crippen molar-refractivity contribution in [3.8, 4) is 0 Å². The van der Waals surface area contributed by atoms with E-state index in [4.69, 9.17) is 0 Å². The van der Waals surface area contributed by atoms with Crippen LogP contribution in [-0.4, -0.2) is 35.5 Å². The molecular formula is C14H20BrN3O2. The van der Waals surface area contributed by atoms with Crippen molar-refractivity contribution < 1.29 is 4.92 Å². The minimum Gasteiger partial charge on any atom is -0.313 e. The van der Waals surface area contributed by atoms with Crippen molar-refractivity contribution >= 4 is 21.6 Å². The van der Waals surface area contributed by atoms with Gasteiger partial charge in [-0.25, -0.2) is 0 Å². The zero-order valence-electron chi connectivity index (χ0n) is 11.6. The van der Waals surface area contributed by atoms with E-state index in [-0.39, 0.29) is 10.6 Å². The lowest BCUT2D eigenvalue weighted by Crippen LogP contribution is -2.37. The minimum absolute atomic E-state index is 0.137. The highest BCUT2D eigenvalue weighted by molar-refractivity contribution is 9.10. The van der Waals surface area contributed by atoms with Crippen LogP contribution in [0.25, 0.3) is 0 Å². The van der Waals surface area contributed by atoms with E-state index in [9.17, 15) is 10.1 Å². The van der Waals surface area contributed by atoms with Gasteiger partial charge in [0.25, 0.3) is 5.69 Å². The Hall–Kier alpha value is -0.980. The number of likely N-dealkylation sites (N-methyl/N-ethyl adjacent to an activating group) is 1. The summed E-state index contributed by atoms with van der Waals surface area (Å²) in [7, 11) is 0. The monoisotopic (exact) mass is 341 g/mol. The molecule has 0 spiro atoms. The molecule has 1 unspecified atom stereocenters. The Balaban J connectivity index is 2.03. The molecule has 1 N–H and O–H groups in total. The molecule has 0 amide bonds. The number of hydrogen-bond acceptors (Lipinski definition) is 4. The number of nitro groups is 1. The summed E-state index contributed by atoms with van der Waals surface area (Å²) in [6.07, 6.45) is 2.46. The van der Waals surface area contributed by atoms with Gasteiger partial charge >= 0.3 is 0 Å². The Morgan fingerprint density at radius 1 is 1.55 bits per heavy atom. The van der Waals surface area contributed by atoms with E-state index < -0.39 is 0 Å². The standard InChI is InChI=1S/C14H20BrN3O2/c1-2-17(10-12-4-3-7-16-12)9-11-5-6-13(15)14(8-11)18(19)20/h5-6,8,12,16H,2-4,7,9-10H2,1H3. The first kappa shape index (κ1) is 15.4. The molecular weight excluding hydrogens is 322 g/mol. The molecule has 5 nitrogen and oxygen atoms in total. The number of nitro benzene ring substituents is 1. The maximum absolute atomic E-state index is 11.0. The molecule has 1 heterocycles. The van der Waals surface area contributed by atoms with Gasteiger partial charge in [-0.1, -0.05) is 13.0 Å². The molecule has 110 valence electrons. The summed E-state index contributed by atoms with van der Waals surface area (Å²) in [5.74, 6) is 0. The molecule has 1 aliphatic rings. The largest absolute Gasteiger partial charge is 0.313 e. The summed E-state index contributed by atoms with van der Waals surface area (Å²) in [5, 5.41) is 14.4. The van der Waals surface area contributed by atoms with Gasteiger partial charge in [-0.15, -0.1) is 0 Å². The Labute approximate surface area is 127 Å². The maximum Gasteiger partial charge on any atom is 0.283 e. The highest BCUT2D eigenvalue weighted by Gasteiger charge is 2.18. The summed E-state index contributed by atoms with van der Waals surface area (Å²) < 4.78 is 0.534. The molecule has 1 aliphatic heterocycles. The van der Waals surface area contributed by atoms with Gasteiger partial charge in [0, 0.05) is 25.2 Å². The highest BCUT2D eigenvalue weighted by Crippen LogP contribution is 2.26. The van der Waals surface area contributed by atoms with Gasteiger partial charge in [-0.2, -0.15) is 0 Å². The van der Waals surface area contributed by atoms with E-state index in [1.807, 2.05) is 6.07 Å².